The molecular formula is C16H23ClN2O. The number of nitrogens with zero attached hydrogens (tertiary/aromatic N) is 1. The van der Waals surface area contributed by atoms with Crippen molar-refractivity contribution in [3.8, 4) is 0 Å². The fraction of sp³-hybridized carbons (Fsp3) is 0.562. The molecule has 2 unspecified atom stereocenters. The zero-order chi connectivity index (χ0) is 14.5. The second kappa shape index (κ2) is 7.09. The van der Waals surface area contributed by atoms with Crippen LogP contribution in [0.15, 0.2) is 24.3 Å². The predicted molar refractivity (Wildman–Crippen MR) is 84.1 cm³/mol. The molecule has 0 radical (unpaired) electrons. The molecule has 1 aliphatic rings. The van der Waals surface area contributed by atoms with Crippen LogP contribution < -0.4 is 10.6 Å². The fourth-order valence-corrected chi connectivity index (χ4v) is 3.06. The van der Waals surface area contributed by atoms with E-state index < -0.39 is 0 Å². The minimum Gasteiger partial charge on any atom is -0.326 e. The van der Waals surface area contributed by atoms with Gasteiger partial charge in [0.25, 0.3) is 0 Å². The van der Waals surface area contributed by atoms with E-state index in [-0.39, 0.29) is 18.0 Å². The van der Waals surface area contributed by atoms with E-state index in [9.17, 15) is 4.79 Å². The first-order valence-corrected chi connectivity index (χ1v) is 7.84. The van der Waals surface area contributed by atoms with Crippen molar-refractivity contribution >= 4 is 23.2 Å². The van der Waals surface area contributed by atoms with Crippen LogP contribution in [-0.4, -0.2) is 18.0 Å². The van der Waals surface area contributed by atoms with Crippen molar-refractivity contribution in [1.29, 1.82) is 0 Å². The standard InChI is InChI=1S/C16H23ClN2O/c1-2-16(20)19(13-10-8-12(17)9-11-13)15-7-5-3-4-6-14(15)18/h8-11,14-15H,2-7,18H2,1H3. The molecule has 110 valence electrons. The molecule has 1 saturated carbocycles. The van der Waals surface area contributed by atoms with E-state index in [1.807, 2.05) is 36.1 Å². The highest BCUT2D eigenvalue weighted by atomic mass is 35.5. The number of nitrogens with two attached hydrogens (primary N) is 1. The monoisotopic (exact) mass is 294 g/mol. The van der Waals surface area contributed by atoms with Gasteiger partial charge in [0.05, 0.1) is 6.04 Å². The molecule has 4 heteroatoms. The summed E-state index contributed by atoms with van der Waals surface area (Å²) in [6.07, 6.45) is 5.97. The summed E-state index contributed by atoms with van der Waals surface area (Å²) in [4.78, 5) is 14.3. The van der Waals surface area contributed by atoms with Gasteiger partial charge in [-0.1, -0.05) is 37.8 Å². The summed E-state index contributed by atoms with van der Waals surface area (Å²) in [6.45, 7) is 1.90. The quantitative estimate of drug-likeness (QED) is 0.863. The van der Waals surface area contributed by atoms with Gasteiger partial charge < -0.3 is 10.6 Å². The Bertz CT molecular complexity index is 446. The van der Waals surface area contributed by atoms with Crippen LogP contribution in [0.5, 0.6) is 0 Å². The summed E-state index contributed by atoms with van der Waals surface area (Å²) in [6, 6.07) is 7.64. The topological polar surface area (TPSA) is 46.3 Å². The molecule has 0 aromatic heterocycles. The minimum absolute atomic E-state index is 0.0590. The van der Waals surface area contributed by atoms with Gasteiger partial charge >= 0.3 is 0 Å². The predicted octanol–water partition coefficient (Wildman–Crippen LogP) is 3.74. The summed E-state index contributed by atoms with van der Waals surface area (Å²) in [7, 11) is 0. The maximum atomic E-state index is 12.4. The van der Waals surface area contributed by atoms with Crippen molar-refractivity contribution < 1.29 is 4.79 Å². The Labute approximate surface area is 126 Å². The Morgan fingerprint density at radius 1 is 1.25 bits per heavy atom. The van der Waals surface area contributed by atoms with E-state index in [0.717, 1.165) is 31.4 Å². The lowest BCUT2D eigenvalue weighted by molar-refractivity contribution is -0.118. The van der Waals surface area contributed by atoms with Gasteiger partial charge in [0.15, 0.2) is 0 Å². The van der Waals surface area contributed by atoms with Crippen molar-refractivity contribution in [2.75, 3.05) is 4.90 Å². The van der Waals surface area contributed by atoms with Crippen LogP contribution in [0.3, 0.4) is 0 Å². The average Bonchev–Trinajstić information content (AvgIpc) is 2.66. The lowest BCUT2D eigenvalue weighted by atomic mass is 10.0. The summed E-state index contributed by atoms with van der Waals surface area (Å²) >= 11 is 5.94. The van der Waals surface area contributed by atoms with Gasteiger partial charge in [-0.3, -0.25) is 4.79 Å². The highest BCUT2D eigenvalue weighted by Gasteiger charge is 2.30. The van der Waals surface area contributed by atoms with Crippen LogP contribution in [-0.2, 0) is 4.79 Å². The maximum absolute atomic E-state index is 12.4. The molecule has 2 atom stereocenters. The number of benzene rings is 1. The second-order valence-corrected chi connectivity index (χ2v) is 5.90. The van der Waals surface area contributed by atoms with Gasteiger partial charge in [0, 0.05) is 23.2 Å². The molecule has 1 fully saturated rings. The molecule has 2 rings (SSSR count). The van der Waals surface area contributed by atoms with E-state index in [4.69, 9.17) is 17.3 Å². The van der Waals surface area contributed by atoms with Gasteiger partial charge in [-0.25, -0.2) is 0 Å². The summed E-state index contributed by atoms with van der Waals surface area (Å²) in [5, 5.41) is 0.683. The Balaban J connectivity index is 2.31. The minimum atomic E-state index is 0.0590. The number of halogens is 1. The summed E-state index contributed by atoms with van der Waals surface area (Å²) < 4.78 is 0. The molecule has 2 N–H and O–H groups in total. The smallest absolute Gasteiger partial charge is 0.227 e. The van der Waals surface area contributed by atoms with Crippen molar-refractivity contribution in [2.24, 2.45) is 5.73 Å². The van der Waals surface area contributed by atoms with Crippen LogP contribution >= 0.6 is 11.6 Å². The average molecular weight is 295 g/mol. The summed E-state index contributed by atoms with van der Waals surface area (Å²) in [5.41, 5.74) is 7.23. The Morgan fingerprint density at radius 2 is 1.90 bits per heavy atom. The zero-order valence-corrected chi connectivity index (χ0v) is 12.8. The van der Waals surface area contributed by atoms with Crippen molar-refractivity contribution in [1.82, 2.24) is 0 Å². The Hall–Kier alpha value is -1.06. The zero-order valence-electron chi connectivity index (χ0n) is 12.0. The van der Waals surface area contributed by atoms with Crippen LogP contribution in [0.25, 0.3) is 0 Å². The molecule has 1 aromatic carbocycles. The first-order valence-electron chi connectivity index (χ1n) is 7.46. The maximum Gasteiger partial charge on any atom is 0.227 e. The normalized spacial score (nSPS) is 23.1. The molecule has 1 aromatic rings. The summed E-state index contributed by atoms with van der Waals surface area (Å²) in [5.74, 6) is 0.134. The van der Waals surface area contributed by atoms with E-state index in [2.05, 4.69) is 0 Å². The molecule has 20 heavy (non-hydrogen) atoms. The fourth-order valence-electron chi connectivity index (χ4n) is 2.93. The van der Waals surface area contributed by atoms with Gasteiger partial charge in [-0.2, -0.15) is 0 Å². The lowest BCUT2D eigenvalue weighted by Gasteiger charge is -2.34. The van der Waals surface area contributed by atoms with Crippen molar-refractivity contribution in [3.05, 3.63) is 29.3 Å². The van der Waals surface area contributed by atoms with Crippen LogP contribution in [0.4, 0.5) is 5.69 Å². The highest BCUT2D eigenvalue weighted by Crippen LogP contribution is 2.28. The number of carbonyl (C=O) groups is 1. The lowest BCUT2D eigenvalue weighted by Crippen LogP contribution is -2.50. The van der Waals surface area contributed by atoms with E-state index >= 15 is 0 Å². The van der Waals surface area contributed by atoms with Gasteiger partial charge in [0.1, 0.15) is 0 Å². The van der Waals surface area contributed by atoms with E-state index in [1.165, 1.54) is 6.42 Å². The van der Waals surface area contributed by atoms with Gasteiger partial charge in [0.2, 0.25) is 5.91 Å². The van der Waals surface area contributed by atoms with Gasteiger partial charge in [-0.15, -0.1) is 0 Å². The molecule has 0 aliphatic heterocycles. The van der Waals surface area contributed by atoms with E-state index in [0.29, 0.717) is 11.4 Å². The number of hydrogen-bond acceptors (Lipinski definition) is 2. The molecule has 1 amide bonds. The number of carbonyl (C=O) groups excluding carboxylic acids is 1. The number of anilines is 1. The SMILES string of the molecule is CCC(=O)N(c1ccc(Cl)cc1)C1CCCCCC1N. The first-order chi connectivity index (χ1) is 9.63. The number of amides is 1. The van der Waals surface area contributed by atoms with Crippen LogP contribution in [0.2, 0.25) is 5.02 Å². The van der Waals surface area contributed by atoms with Gasteiger partial charge in [-0.05, 0) is 37.1 Å². The van der Waals surface area contributed by atoms with Crippen molar-refractivity contribution in [2.45, 2.75) is 57.5 Å². The molecule has 0 bridgehead atoms. The molecule has 0 saturated heterocycles. The molecule has 0 heterocycles. The first kappa shape index (κ1) is 15.3. The molecule has 1 aliphatic carbocycles. The third kappa shape index (κ3) is 3.53. The van der Waals surface area contributed by atoms with E-state index in [1.54, 1.807) is 0 Å². The Morgan fingerprint density at radius 3 is 2.55 bits per heavy atom. The van der Waals surface area contributed by atoms with Crippen molar-refractivity contribution in [3.63, 3.8) is 0 Å². The number of hydrogen-bond donors (Lipinski definition) is 1. The molecular weight excluding hydrogens is 272 g/mol. The largest absolute Gasteiger partial charge is 0.326 e. The molecule has 3 nitrogen and oxygen atoms in total. The van der Waals surface area contributed by atoms with Crippen LogP contribution in [0.1, 0.15) is 45.4 Å². The third-order valence-corrected chi connectivity index (χ3v) is 4.29. The van der Waals surface area contributed by atoms with Crippen LogP contribution in [0, 0.1) is 0 Å². The molecule has 0 spiro atoms. The highest BCUT2D eigenvalue weighted by molar-refractivity contribution is 6.30. The third-order valence-electron chi connectivity index (χ3n) is 4.04. The Kier molecular flexibility index (Phi) is 5.44. The second-order valence-electron chi connectivity index (χ2n) is 5.46. The number of rotatable bonds is 3.